The summed E-state index contributed by atoms with van der Waals surface area (Å²) in [7, 11) is 0. The summed E-state index contributed by atoms with van der Waals surface area (Å²) in [5.41, 5.74) is 2.78. The molecule has 3 nitrogen and oxygen atoms in total. The van der Waals surface area contributed by atoms with Crippen LogP contribution in [-0.2, 0) is 17.8 Å². The molecule has 0 amide bonds. The lowest BCUT2D eigenvalue weighted by atomic mass is 10.0. The predicted octanol–water partition coefficient (Wildman–Crippen LogP) is 2.32. The van der Waals surface area contributed by atoms with Crippen LogP contribution in [-0.4, -0.2) is 12.6 Å². The lowest BCUT2D eigenvalue weighted by molar-refractivity contribution is 0.0534. The molecule has 0 fully saturated rings. The Hall–Kier alpha value is -1.51. The van der Waals surface area contributed by atoms with Crippen molar-refractivity contribution in [3.8, 4) is 5.75 Å². The molecular weight excluding hydrogens is 192 g/mol. The maximum Gasteiger partial charge on any atom is 0.338 e. The number of cyclic esters (lactones) is 1. The fourth-order valence-electron chi connectivity index (χ4n) is 1.92. The van der Waals surface area contributed by atoms with Crippen LogP contribution in [0.2, 0.25) is 0 Å². The maximum absolute atomic E-state index is 11.3. The average Bonchev–Trinajstić information content (AvgIpc) is 2.61. The second kappa shape index (κ2) is 3.93. The van der Waals surface area contributed by atoms with Gasteiger partial charge in [0.2, 0.25) is 0 Å². The third kappa shape index (κ3) is 1.58. The van der Waals surface area contributed by atoms with E-state index in [1.54, 1.807) is 6.07 Å². The summed E-state index contributed by atoms with van der Waals surface area (Å²) in [5, 5.41) is 0. The van der Waals surface area contributed by atoms with Gasteiger partial charge in [-0.05, 0) is 25.5 Å². The van der Waals surface area contributed by atoms with Crippen LogP contribution in [0.15, 0.2) is 12.1 Å². The van der Waals surface area contributed by atoms with E-state index in [9.17, 15) is 4.79 Å². The van der Waals surface area contributed by atoms with Gasteiger partial charge in [-0.15, -0.1) is 0 Å². The zero-order valence-corrected chi connectivity index (χ0v) is 9.00. The summed E-state index contributed by atoms with van der Waals surface area (Å²) in [6.45, 7) is 5.04. The first kappa shape index (κ1) is 10.0. The Labute approximate surface area is 89.0 Å². The van der Waals surface area contributed by atoms with Crippen molar-refractivity contribution >= 4 is 5.97 Å². The monoisotopic (exact) mass is 206 g/mol. The highest BCUT2D eigenvalue weighted by molar-refractivity contribution is 5.94. The van der Waals surface area contributed by atoms with Crippen molar-refractivity contribution in [2.75, 3.05) is 6.61 Å². The summed E-state index contributed by atoms with van der Waals surface area (Å²) in [4.78, 5) is 11.3. The van der Waals surface area contributed by atoms with Gasteiger partial charge in [-0.2, -0.15) is 0 Å². The number of carbonyl (C=O) groups is 1. The van der Waals surface area contributed by atoms with E-state index in [0.717, 1.165) is 23.3 Å². The van der Waals surface area contributed by atoms with Crippen molar-refractivity contribution in [1.82, 2.24) is 0 Å². The Bertz CT molecular complexity index is 396. The molecule has 0 aromatic heterocycles. The number of ether oxygens (including phenoxy) is 2. The molecule has 3 heteroatoms. The van der Waals surface area contributed by atoms with Crippen molar-refractivity contribution in [3.63, 3.8) is 0 Å². The molecule has 0 atom stereocenters. The number of fused-ring (bicyclic) bond motifs is 1. The molecule has 0 aliphatic carbocycles. The van der Waals surface area contributed by atoms with Gasteiger partial charge < -0.3 is 9.47 Å². The lowest BCUT2D eigenvalue weighted by Crippen LogP contribution is -2.01. The van der Waals surface area contributed by atoms with Gasteiger partial charge in [0.25, 0.3) is 0 Å². The summed E-state index contributed by atoms with van der Waals surface area (Å²) in [6.07, 6.45) is 0.856. The Morgan fingerprint density at radius 2 is 2.20 bits per heavy atom. The highest BCUT2D eigenvalue weighted by atomic mass is 16.5. The van der Waals surface area contributed by atoms with E-state index < -0.39 is 0 Å². The molecule has 1 heterocycles. The molecule has 1 aromatic carbocycles. The second-order valence-electron chi connectivity index (χ2n) is 3.43. The van der Waals surface area contributed by atoms with Crippen LogP contribution in [0.3, 0.4) is 0 Å². The number of rotatable bonds is 3. The first-order valence-corrected chi connectivity index (χ1v) is 5.22. The van der Waals surface area contributed by atoms with Gasteiger partial charge in [-0.1, -0.05) is 6.92 Å². The number of esters is 1. The van der Waals surface area contributed by atoms with Crippen molar-refractivity contribution in [3.05, 3.63) is 28.8 Å². The number of benzene rings is 1. The van der Waals surface area contributed by atoms with E-state index in [1.165, 1.54) is 0 Å². The lowest BCUT2D eigenvalue weighted by Gasteiger charge is -2.11. The quantitative estimate of drug-likeness (QED) is 0.712. The fraction of sp³-hybridized carbons (Fsp3) is 0.417. The van der Waals surface area contributed by atoms with E-state index in [4.69, 9.17) is 9.47 Å². The Balaban J connectivity index is 2.50. The number of hydrogen-bond donors (Lipinski definition) is 0. The molecule has 80 valence electrons. The van der Waals surface area contributed by atoms with E-state index in [1.807, 2.05) is 13.0 Å². The van der Waals surface area contributed by atoms with E-state index >= 15 is 0 Å². The minimum absolute atomic E-state index is 0.220. The van der Waals surface area contributed by atoms with Crippen LogP contribution < -0.4 is 4.74 Å². The topological polar surface area (TPSA) is 35.5 Å². The third-order valence-corrected chi connectivity index (χ3v) is 2.61. The van der Waals surface area contributed by atoms with E-state index in [2.05, 4.69) is 6.92 Å². The maximum atomic E-state index is 11.3. The molecule has 15 heavy (non-hydrogen) atoms. The molecule has 0 spiro atoms. The summed E-state index contributed by atoms with van der Waals surface area (Å²) in [5.74, 6) is 0.653. The summed E-state index contributed by atoms with van der Waals surface area (Å²) >= 11 is 0. The van der Waals surface area contributed by atoms with Gasteiger partial charge in [0.1, 0.15) is 12.4 Å². The van der Waals surface area contributed by atoms with Crippen molar-refractivity contribution in [1.29, 1.82) is 0 Å². The molecule has 1 aliphatic rings. The second-order valence-corrected chi connectivity index (χ2v) is 3.43. The smallest absolute Gasteiger partial charge is 0.338 e. The Morgan fingerprint density at radius 1 is 1.40 bits per heavy atom. The highest BCUT2D eigenvalue weighted by Crippen LogP contribution is 2.31. The minimum Gasteiger partial charge on any atom is -0.494 e. The van der Waals surface area contributed by atoms with Crippen LogP contribution in [0.4, 0.5) is 0 Å². The molecule has 2 rings (SSSR count). The van der Waals surface area contributed by atoms with Crippen molar-refractivity contribution < 1.29 is 14.3 Å². The largest absolute Gasteiger partial charge is 0.494 e. The molecule has 0 N–H and O–H groups in total. The van der Waals surface area contributed by atoms with Crippen LogP contribution in [0.5, 0.6) is 5.75 Å². The number of carbonyl (C=O) groups excluding carboxylic acids is 1. The number of hydrogen-bond acceptors (Lipinski definition) is 3. The third-order valence-electron chi connectivity index (χ3n) is 2.61. The molecule has 0 saturated heterocycles. The zero-order chi connectivity index (χ0) is 10.8. The predicted molar refractivity (Wildman–Crippen MR) is 56.1 cm³/mol. The molecular formula is C12H14O3. The fourth-order valence-corrected chi connectivity index (χ4v) is 1.92. The molecule has 0 unspecified atom stereocenters. The first-order chi connectivity index (χ1) is 7.27. The van der Waals surface area contributed by atoms with Gasteiger partial charge in [0, 0.05) is 11.1 Å². The minimum atomic E-state index is -0.220. The van der Waals surface area contributed by atoms with Gasteiger partial charge in [-0.25, -0.2) is 4.79 Å². The standard InChI is InChI=1S/C12H14O3/c1-3-8-10-7-15-12(13)9(10)5-6-11(8)14-4-2/h5-6H,3-4,7H2,1-2H3. The summed E-state index contributed by atoms with van der Waals surface area (Å²) < 4.78 is 10.5. The van der Waals surface area contributed by atoms with Gasteiger partial charge >= 0.3 is 5.97 Å². The van der Waals surface area contributed by atoms with Gasteiger partial charge in [0.15, 0.2) is 0 Å². The van der Waals surface area contributed by atoms with E-state index in [0.29, 0.717) is 18.8 Å². The summed E-state index contributed by atoms with van der Waals surface area (Å²) in [6, 6.07) is 3.64. The molecule has 0 saturated carbocycles. The van der Waals surface area contributed by atoms with E-state index in [-0.39, 0.29) is 5.97 Å². The normalized spacial score (nSPS) is 13.6. The van der Waals surface area contributed by atoms with Crippen LogP contribution in [0, 0.1) is 0 Å². The van der Waals surface area contributed by atoms with Crippen molar-refractivity contribution in [2.45, 2.75) is 26.9 Å². The Kier molecular flexibility index (Phi) is 2.62. The van der Waals surface area contributed by atoms with Gasteiger partial charge in [-0.3, -0.25) is 0 Å². The molecule has 1 aromatic rings. The van der Waals surface area contributed by atoms with Gasteiger partial charge in [0.05, 0.1) is 12.2 Å². The average molecular weight is 206 g/mol. The van der Waals surface area contributed by atoms with Crippen LogP contribution in [0.1, 0.15) is 35.3 Å². The molecule has 1 aliphatic heterocycles. The Morgan fingerprint density at radius 3 is 2.87 bits per heavy atom. The molecule has 0 radical (unpaired) electrons. The van der Waals surface area contributed by atoms with Crippen LogP contribution in [0.25, 0.3) is 0 Å². The van der Waals surface area contributed by atoms with Crippen LogP contribution >= 0.6 is 0 Å². The van der Waals surface area contributed by atoms with Crippen molar-refractivity contribution in [2.24, 2.45) is 0 Å². The SMILES string of the molecule is CCOc1ccc2c(c1CC)COC2=O. The first-order valence-electron chi connectivity index (χ1n) is 5.22. The zero-order valence-electron chi connectivity index (χ0n) is 9.00. The molecule has 0 bridgehead atoms. The highest BCUT2D eigenvalue weighted by Gasteiger charge is 2.25.